The fourth-order valence-electron chi connectivity index (χ4n) is 1.41. The Hall–Kier alpha value is -0.780. The van der Waals surface area contributed by atoms with E-state index in [0.29, 0.717) is 18.8 Å². The minimum Gasteiger partial charge on any atom is -0.355 e. The lowest BCUT2D eigenvalue weighted by molar-refractivity contribution is -0.135. The standard InChI is InChI=1S/C11H21F3N2O/c1-8(2)7-9(15)10(17)16-6-4-3-5-11(12,13)14/h8-9H,3-7,15H2,1-2H3,(H,16,17). The summed E-state index contributed by atoms with van der Waals surface area (Å²) in [5, 5.41) is 2.54. The van der Waals surface area contributed by atoms with Crippen molar-refractivity contribution in [3.8, 4) is 0 Å². The number of carbonyl (C=O) groups is 1. The van der Waals surface area contributed by atoms with E-state index >= 15 is 0 Å². The molecule has 3 N–H and O–H groups in total. The van der Waals surface area contributed by atoms with Crippen LogP contribution in [-0.2, 0) is 4.79 Å². The number of amides is 1. The zero-order valence-electron chi connectivity index (χ0n) is 10.3. The average molecular weight is 254 g/mol. The van der Waals surface area contributed by atoms with E-state index in [1.54, 1.807) is 0 Å². The van der Waals surface area contributed by atoms with E-state index in [-0.39, 0.29) is 18.9 Å². The van der Waals surface area contributed by atoms with Gasteiger partial charge in [-0.15, -0.1) is 0 Å². The highest BCUT2D eigenvalue weighted by atomic mass is 19.4. The first-order valence-corrected chi connectivity index (χ1v) is 5.82. The van der Waals surface area contributed by atoms with Gasteiger partial charge in [-0.1, -0.05) is 13.8 Å². The van der Waals surface area contributed by atoms with Crippen LogP contribution in [0.25, 0.3) is 0 Å². The fourth-order valence-corrected chi connectivity index (χ4v) is 1.41. The minimum absolute atomic E-state index is 0.0310. The SMILES string of the molecule is CC(C)CC(N)C(=O)NCCCCC(F)(F)F. The Kier molecular flexibility index (Phi) is 7.18. The van der Waals surface area contributed by atoms with E-state index in [1.165, 1.54) is 0 Å². The van der Waals surface area contributed by atoms with Crippen molar-refractivity contribution >= 4 is 5.91 Å². The number of unbranched alkanes of at least 4 members (excludes halogenated alkanes) is 1. The van der Waals surface area contributed by atoms with Crippen molar-refractivity contribution in [1.82, 2.24) is 5.32 Å². The van der Waals surface area contributed by atoms with Gasteiger partial charge in [0.15, 0.2) is 0 Å². The van der Waals surface area contributed by atoms with Gasteiger partial charge < -0.3 is 11.1 Å². The second kappa shape index (κ2) is 7.53. The lowest BCUT2D eigenvalue weighted by atomic mass is 10.0. The first kappa shape index (κ1) is 16.2. The van der Waals surface area contributed by atoms with Gasteiger partial charge in [-0.05, 0) is 25.2 Å². The van der Waals surface area contributed by atoms with E-state index in [2.05, 4.69) is 5.32 Å². The van der Waals surface area contributed by atoms with Crippen molar-refractivity contribution < 1.29 is 18.0 Å². The molecule has 3 nitrogen and oxygen atoms in total. The van der Waals surface area contributed by atoms with E-state index in [0.717, 1.165) is 0 Å². The summed E-state index contributed by atoms with van der Waals surface area (Å²) in [6.07, 6.45) is -3.99. The summed E-state index contributed by atoms with van der Waals surface area (Å²) < 4.78 is 35.4. The molecule has 102 valence electrons. The summed E-state index contributed by atoms with van der Waals surface area (Å²) in [7, 11) is 0. The molecule has 0 spiro atoms. The van der Waals surface area contributed by atoms with Gasteiger partial charge in [-0.2, -0.15) is 13.2 Å². The van der Waals surface area contributed by atoms with Crippen LogP contribution in [0.4, 0.5) is 13.2 Å². The third kappa shape index (κ3) is 10.1. The molecule has 1 amide bonds. The van der Waals surface area contributed by atoms with Crippen LogP contribution < -0.4 is 11.1 Å². The molecule has 0 aliphatic heterocycles. The molecule has 6 heteroatoms. The van der Waals surface area contributed by atoms with Crippen LogP contribution in [0.15, 0.2) is 0 Å². The van der Waals surface area contributed by atoms with Gasteiger partial charge in [-0.3, -0.25) is 4.79 Å². The van der Waals surface area contributed by atoms with Crippen LogP contribution in [0.1, 0.15) is 39.5 Å². The first-order valence-electron chi connectivity index (χ1n) is 5.82. The van der Waals surface area contributed by atoms with Gasteiger partial charge in [0.1, 0.15) is 0 Å². The zero-order valence-corrected chi connectivity index (χ0v) is 10.3. The smallest absolute Gasteiger partial charge is 0.355 e. The van der Waals surface area contributed by atoms with E-state index in [9.17, 15) is 18.0 Å². The molecule has 0 aromatic carbocycles. The molecule has 0 aliphatic rings. The molecule has 0 radical (unpaired) electrons. The maximum absolute atomic E-state index is 11.8. The van der Waals surface area contributed by atoms with Crippen LogP contribution in [0, 0.1) is 5.92 Å². The summed E-state index contributed by atoms with van der Waals surface area (Å²) in [6, 6.07) is -0.572. The Labute approximate surface area is 99.9 Å². The first-order chi connectivity index (χ1) is 7.72. The maximum atomic E-state index is 11.8. The number of halogens is 3. The monoisotopic (exact) mass is 254 g/mol. The van der Waals surface area contributed by atoms with Gasteiger partial charge in [0.2, 0.25) is 5.91 Å². The molecule has 0 saturated carbocycles. The van der Waals surface area contributed by atoms with Crippen LogP contribution in [0.2, 0.25) is 0 Å². The lowest BCUT2D eigenvalue weighted by Gasteiger charge is -2.14. The third-order valence-electron chi connectivity index (χ3n) is 2.25. The lowest BCUT2D eigenvalue weighted by Crippen LogP contribution is -2.41. The van der Waals surface area contributed by atoms with Crippen molar-refractivity contribution in [3.63, 3.8) is 0 Å². The normalized spacial score (nSPS) is 13.8. The second-order valence-electron chi connectivity index (χ2n) is 4.60. The molecular weight excluding hydrogens is 233 g/mol. The van der Waals surface area contributed by atoms with Gasteiger partial charge >= 0.3 is 6.18 Å². The Balaban J connectivity index is 3.58. The van der Waals surface area contributed by atoms with E-state index in [1.807, 2.05) is 13.8 Å². The number of hydrogen-bond acceptors (Lipinski definition) is 2. The highest BCUT2D eigenvalue weighted by Gasteiger charge is 2.25. The zero-order chi connectivity index (χ0) is 13.5. The molecule has 1 unspecified atom stereocenters. The third-order valence-corrected chi connectivity index (χ3v) is 2.25. The predicted octanol–water partition coefficient (Wildman–Crippen LogP) is 2.21. The topological polar surface area (TPSA) is 55.1 Å². The molecule has 0 heterocycles. The molecule has 0 aromatic heterocycles. The quantitative estimate of drug-likeness (QED) is 0.684. The number of alkyl halides is 3. The maximum Gasteiger partial charge on any atom is 0.389 e. The minimum atomic E-state index is -4.11. The number of rotatable bonds is 7. The molecule has 0 saturated heterocycles. The molecule has 0 fully saturated rings. The van der Waals surface area contributed by atoms with Crippen molar-refractivity contribution in [2.45, 2.75) is 51.7 Å². The fraction of sp³-hybridized carbons (Fsp3) is 0.909. The van der Waals surface area contributed by atoms with E-state index in [4.69, 9.17) is 5.73 Å². The van der Waals surface area contributed by atoms with Crippen LogP contribution >= 0.6 is 0 Å². The van der Waals surface area contributed by atoms with Crippen LogP contribution in [0.5, 0.6) is 0 Å². The molecule has 0 bridgehead atoms. The van der Waals surface area contributed by atoms with Gasteiger partial charge in [0.25, 0.3) is 0 Å². The van der Waals surface area contributed by atoms with Gasteiger partial charge in [0, 0.05) is 13.0 Å². The van der Waals surface area contributed by atoms with Crippen molar-refractivity contribution in [3.05, 3.63) is 0 Å². The summed E-state index contributed by atoms with van der Waals surface area (Å²) in [6.45, 7) is 4.16. The Bertz CT molecular complexity index is 229. The highest BCUT2D eigenvalue weighted by molar-refractivity contribution is 5.81. The highest BCUT2D eigenvalue weighted by Crippen LogP contribution is 2.21. The number of nitrogens with one attached hydrogen (secondary N) is 1. The van der Waals surface area contributed by atoms with Gasteiger partial charge in [0.05, 0.1) is 6.04 Å². The largest absolute Gasteiger partial charge is 0.389 e. The Morgan fingerprint density at radius 3 is 2.35 bits per heavy atom. The predicted molar refractivity (Wildman–Crippen MR) is 60.3 cm³/mol. The molecule has 0 aliphatic carbocycles. The molecule has 17 heavy (non-hydrogen) atoms. The molecule has 0 rings (SSSR count). The van der Waals surface area contributed by atoms with Crippen LogP contribution in [0.3, 0.4) is 0 Å². The number of hydrogen-bond donors (Lipinski definition) is 2. The average Bonchev–Trinajstić information content (AvgIpc) is 2.13. The van der Waals surface area contributed by atoms with Gasteiger partial charge in [-0.25, -0.2) is 0 Å². The van der Waals surface area contributed by atoms with Crippen LogP contribution in [-0.4, -0.2) is 24.7 Å². The van der Waals surface area contributed by atoms with Crippen molar-refractivity contribution in [1.29, 1.82) is 0 Å². The molecule has 1 atom stereocenters. The second-order valence-corrected chi connectivity index (χ2v) is 4.60. The summed E-state index contributed by atoms with van der Waals surface area (Å²) in [5.41, 5.74) is 5.61. The number of carbonyl (C=O) groups excluding carboxylic acids is 1. The Morgan fingerprint density at radius 1 is 1.29 bits per heavy atom. The molecule has 0 aromatic rings. The summed E-state index contributed by atoms with van der Waals surface area (Å²) >= 11 is 0. The van der Waals surface area contributed by atoms with Crippen molar-refractivity contribution in [2.24, 2.45) is 11.7 Å². The van der Waals surface area contributed by atoms with E-state index < -0.39 is 18.6 Å². The van der Waals surface area contributed by atoms with Crippen molar-refractivity contribution in [2.75, 3.05) is 6.54 Å². The Morgan fingerprint density at radius 2 is 1.88 bits per heavy atom. The summed E-state index contributed by atoms with van der Waals surface area (Å²) in [5.74, 6) is 0.0340. The molecular formula is C11H21F3N2O. The summed E-state index contributed by atoms with van der Waals surface area (Å²) in [4.78, 5) is 11.4. The number of nitrogens with two attached hydrogens (primary N) is 1.